The van der Waals surface area contributed by atoms with Crippen molar-refractivity contribution in [2.24, 2.45) is 40.4 Å². The molecule has 0 spiro atoms. The van der Waals surface area contributed by atoms with Crippen LogP contribution in [-0.2, 0) is 9.59 Å². The van der Waals surface area contributed by atoms with E-state index in [2.05, 4.69) is 13.8 Å². The minimum absolute atomic E-state index is 0.195. The maximum atomic E-state index is 11.9. The van der Waals surface area contributed by atoms with Gasteiger partial charge < -0.3 is 5.11 Å². The molecule has 3 saturated carbocycles. The van der Waals surface area contributed by atoms with Crippen LogP contribution in [-0.4, -0.2) is 16.9 Å². The SMILES string of the molecule is C[C@@H](C(=O)O)[C@H]1CC[C@H]2[C@@H]3CCC4=CC(=O)CC[C@]4(C)[C@H]3CC[C@]12C. The van der Waals surface area contributed by atoms with Gasteiger partial charge in [-0.3, -0.25) is 9.59 Å². The van der Waals surface area contributed by atoms with Gasteiger partial charge in [0.15, 0.2) is 5.78 Å². The molecule has 3 fully saturated rings. The van der Waals surface area contributed by atoms with E-state index in [0.717, 1.165) is 31.6 Å². The minimum Gasteiger partial charge on any atom is -0.481 e. The molecule has 138 valence electrons. The first-order chi connectivity index (χ1) is 11.8. The molecular weight excluding hydrogens is 312 g/mol. The lowest BCUT2D eigenvalue weighted by Gasteiger charge is -2.58. The van der Waals surface area contributed by atoms with Crippen molar-refractivity contribution in [3.63, 3.8) is 0 Å². The second-order valence-corrected chi connectivity index (χ2v) is 9.82. The third-order valence-corrected chi connectivity index (χ3v) is 9.03. The van der Waals surface area contributed by atoms with E-state index in [1.54, 1.807) is 0 Å². The average molecular weight is 344 g/mol. The van der Waals surface area contributed by atoms with Crippen molar-refractivity contribution in [3.8, 4) is 0 Å². The molecule has 4 rings (SSSR count). The monoisotopic (exact) mass is 344 g/mol. The van der Waals surface area contributed by atoms with Gasteiger partial charge in [0, 0.05) is 6.42 Å². The van der Waals surface area contributed by atoms with Crippen molar-refractivity contribution in [2.45, 2.75) is 72.1 Å². The number of hydrogen-bond acceptors (Lipinski definition) is 2. The summed E-state index contributed by atoms with van der Waals surface area (Å²) >= 11 is 0. The van der Waals surface area contributed by atoms with Crippen LogP contribution in [0.5, 0.6) is 0 Å². The zero-order valence-electron chi connectivity index (χ0n) is 15.9. The summed E-state index contributed by atoms with van der Waals surface area (Å²) in [5.41, 5.74) is 1.83. The number of ketones is 1. The molecule has 3 nitrogen and oxygen atoms in total. The smallest absolute Gasteiger partial charge is 0.306 e. The number of aliphatic carboxylic acids is 1. The highest BCUT2D eigenvalue weighted by atomic mass is 16.4. The predicted molar refractivity (Wildman–Crippen MR) is 97.0 cm³/mol. The van der Waals surface area contributed by atoms with Crippen molar-refractivity contribution in [2.75, 3.05) is 0 Å². The highest BCUT2D eigenvalue weighted by Gasteiger charge is 2.60. The molecular formula is C22H32O3. The molecule has 0 heterocycles. The highest BCUT2D eigenvalue weighted by Crippen LogP contribution is 2.67. The fourth-order valence-electron chi connectivity index (χ4n) is 7.59. The topological polar surface area (TPSA) is 54.4 Å². The van der Waals surface area contributed by atoms with Crippen LogP contribution in [0.1, 0.15) is 72.1 Å². The van der Waals surface area contributed by atoms with Crippen LogP contribution >= 0.6 is 0 Å². The van der Waals surface area contributed by atoms with Crippen molar-refractivity contribution >= 4 is 11.8 Å². The fraction of sp³-hybridized carbons (Fsp3) is 0.818. The lowest BCUT2D eigenvalue weighted by molar-refractivity contribution is -0.146. The van der Waals surface area contributed by atoms with Gasteiger partial charge in [-0.25, -0.2) is 0 Å². The standard InChI is InChI=1S/C22H32O3/c1-13(20(24)25)17-6-7-18-16-5-4-14-12-15(23)8-10-21(14,2)19(16)9-11-22(17,18)3/h12-13,16-19H,4-11H2,1-3H3,(H,24,25)/t13-,16+,17-,18+,19+,21+,22-/m1/s1. The quantitative estimate of drug-likeness (QED) is 0.778. The van der Waals surface area contributed by atoms with E-state index < -0.39 is 5.97 Å². The van der Waals surface area contributed by atoms with E-state index in [1.165, 1.54) is 24.8 Å². The Hall–Kier alpha value is -1.12. The summed E-state index contributed by atoms with van der Waals surface area (Å²) in [7, 11) is 0. The summed E-state index contributed by atoms with van der Waals surface area (Å²) < 4.78 is 0. The summed E-state index contributed by atoms with van der Waals surface area (Å²) in [6.45, 7) is 6.72. The number of allylic oxidation sites excluding steroid dienone is 1. The van der Waals surface area contributed by atoms with Gasteiger partial charge in [0.05, 0.1) is 5.92 Å². The van der Waals surface area contributed by atoms with Crippen LogP contribution in [0.15, 0.2) is 11.6 Å². The second kappa shape index (κ2) is 5.69. The summed E-state index contributed by atoms with van der Waals surface area (Å²) in [6, 6.07) is 0. The maximum absolute atomic E-state index is 11.9. The molecule has 0 aliphatic heterocycles. The molecule has 3 heteroatoms. The zero-order valence-corrected chi connectivity index (χ0v) is 15.9. The third kappa shape index (κ3) is 2.37. The number of carbonyl (C=O) groups excluding carboxylic acids is 1. The van der Waals surface area contributed by atoms with Crippen LogP contribution < -0.4 is 0 Å². The molecule has 0 aromatic rings. The normalized spacial score (nSPS) is 47.3. The zero-order chi connectivity index (χ0) is 18.0. The number of fused-ring (bicyclic) bond motifs is 5. The van der Waals surface area contributed by atoms with E-state index in [-0.39, 0.29) is 16.7 Å². The Bertz CT molecular complexity index is 635. The lowest BCUT2D eigenvalue weighted by atomic mass is 9.46. The van der Waals surface area contributed by atoms with Crippen molar-refractivity contribution in [1.29, 1.82) is 0 Å². The number of carboxylic acids is 1. The predicted octanol–water partition coefficient (Wildman–Crippen LogP) is 4.86. The van der Waals surface area contributed by atoms with Crippen molar-refractivity contribution in [3.05, 3.63) is 11.6 Å². The van der Waals surface area contributed by atoms with Crippen LogP contribution in [0.2, 0.25) is 0 Å². The molecule has 1 N–H and O–H groups in total. The number of rotatable bonds is 2. The minimum atomic E-state index is -0.624. The van der Waals surface area contributed by atoms with Gasteiger partial charge in [0.2, 0.25) is 0 Å². The Balaban J connectivity index is 1.63. The Morgan fingerprint density at radius 1 is 1.12 bits per heavy atom. The van der Waals surface area contributed by atoms with Crippen molar-refractivity contribution in [1.82, 2.24) is 0 Å². The summed E-state index contributed by atoms with van der Waals surface area (Å²) in [4.78, 5) is 23.5. The second-order valence-electron chi connectivity index (χ2n) is 9.82. The molecule has 0 radical (unpaired) electrons. The van der Waals surface area contributed by atoms with E-state index >= 15 is 0 Å². The Kier molecular flexibility index (Phi) is 3.94. The fourth-order valence-corrected chi connectivity index (χ4v) is 7.59. The van der Waals surface area contributed by atoms with E-state index in [9.17, 15) is 14.7 Å². The summed E-state index contributed by atoms with van der Waals surface area (Å²) in [5, 5.41) is 9.56. The molecule has 0 unspecified atom stereocenters. The molecule has 0 amide bonds. The molecule has 0 saturated heterocycles. The van der Waals surface area contributed by atoms with Gasteiger partial charge in [-0.05, 0) is 85.5 Å². The van der Waals surface area contributed by atoms with Crippen LogP contribution in [0.3, 0.4) is 0 Å². The van der Waals surface area contributed by atoms with E-state index in [1.807, 2.05) is 13.0 Å². The average Bonchev–Trinajstić information content (AvgIpc) is 2.92. The summed E-state index contributed by atoms with van der Waals surface area (Å²) in [6.07, 6.45) is 10.6. The summed E-state index contributed by atoms with van der Waals surface area (Å²) in [5.74, 6) is 1.89. The largest absolute Gasteiger partial charge is 0.481 e. The molecule has 4 aliphatic carbocycles. The van der Waals surface area contributed by atoms with Gasteiger partial charge in [0.1, 0.15) is 0 Å². The van der Waals surface area contributed by atoms with Gasteiger partial charge >= 0.3 is 5.97 Å². The first-order valence-electron chi connectivity index (χ1n) is 10.2. The number of carboxylic acid groups (broad SMARTS) is 1. The maximum Gasteiger partial charge on any atom is 0.306 e. The van der Waals surface area contributed by atoms with E-state index in [0.29, 0.717) is 30.0 Å². The van der Waals surface area contributed by atoms with E-state index in [4.69, 9.17) is 0 Å². The van der Waals surface area contributed by atoms with Crippen LogP contribution in [0, 0.1) is 40.4 Å². The van der Waals surface area contributed by atoms with Gasteiger partial charge in [-0.15, -0.1) is 0 Å². The molecule has 7 atom stereocenters. The highest BCUT2D eigenvalue weighted by molar-refractivity contribution is 5.91. The van der Waals surface area contributed by atoms with Gasteiger partial charge in [-0.2, -0.15) is 0 Å². The molecule has 0 aromatic heterocycles. The third-order valence-electron chi connectivity index (χ3n) is 9.03. The van der Waals surface area contributed by atoms with Gasteiger partial charge in [-0.1, -0.05) is 26.3 Å². The Morgan fingerprint density at radius 2 is 1.88 bits per heavy atom. The lowest BCUT2D eigenvalue weighted by Crippen LogP contribution is -2.51. The first-order valence-corrected chi connectivity index (χ1v) is 10.2. The number of carbonyl (C=O) groups is 2. The van der Waals surface area contributed by atoms with Crippen molar-refractivity contribution < 1.29 is 14.7 Å². The molecule has 25 heavy (non-hydrogen) atoms. The Morgan fingerprint density at radius 3 is 2.60 bits per heavy atom. The molecule has 0 bridgehead atoms. The van der Waals surface area contributed by atoms with Crippen LogP contribution in [0.4, 0.5) is 0 Å². The van der Waals surface area contributed by atoms with Crippen LogP contribution in [0.25, 0.3) is 0 Å². The van der Waals surface area contributed by atoms with Gasteiger partial charge in [0.25, 0.3) is 0 Å². The molecule has 4 aliphatic rings. The number of hydrogen-bond donors (Lipinski definition) is 1. The Labute approximate surface area is 151 Å². The first kappa shape index (κ1) is 17.3. The molecule has 0 aromatic carbocycles.